The molecule has 1 saturated heterocycles. The van der Waals surface area contributed by atoms with E-state index in [1.165, 1.54) is 6.42 Å². The van der Waals surface area contributed by atoms with Crippen LogP contribution in [0.4, 0.5) is 0 Å². The van der Waals surface area contributed by atoms with Crippen LogP contribution < -0.4 is 5.32 Å². The van der Waals surface area contributed by atoms with Crippen LogP contribution >= 0.6 is 0 Å². The fourth-order valence-electron chi connectivity index (χ4n) is 3.40. The minimum atomic E-state index is -0.336. The van der Waals surface area contributed by atoms with E-state index in [1.807, 2.05) is 0 Å². The van der Waals surface area contributed by atoms with Crippen LogP contribution in [-0.2, 0) is 4.79 Å². The van der Waals surface area contributed by atoms with Crippen LogP contribution in [0, 0.1) is 0 Å². The predicted octanol–water partition coefficient (Wildman–Crippen LogP) is 1.28. The van der Waals surface area contributed by atoms with Gasteiger partial charge in [-0.2, -0.15) is 0 Å². The van der Waals surface area contributed by atoms with Crippen molar-refractivity contribution >= 4 is 5.91 Å². The van der Waals surface area contributed by atoms with Crippen molar-refractivity contribution in [3.8, 4) is 0 Å². The summed E-state index contributed by atoms with van der Waals surface area (Å²) >= 11 is 0. The molecule has 0 aromatic heterocycles. The summed E-state index contributed by atoms with van der Waals surface area (Å²) in [4.78, 5) is 14.6. The average Bonchev–Trinajstić information content (AvgIpc) is 2.88. The van der Waals surface area contributed by atoms with Gasteiger partial charge in [0, 0.05) is 0 Å². The SMILES string of the molecule is CCN1CCC[C@H]1C(=O)NC1(CO)CCCCC1. The highest BCUT2D eigenvalue weighted by molar-refractivity contribution is 5.82. The van der Waals surface area contributed by atoms with E-state index >= 15 is 0 Å². The van der Waals surface area contributed by atoms with E-state index in [9.17, 15) is 9.90 Å². The molecule has 2 fully saturated rings. The Morgan fingerprint density at radius 1 is 1.33 bits per heavy atom. The fourth-order valence-corrected chi connectivity index (χ4v) is 3.40. The summed E-state index contributed by atoms with van der Waals surface area (Å²) in [7, 11) is 0. The van der Waals surface area contributed by atoms with Crippen molar-refractivity contribution in [2.24, 2.45) is 0 Å². The fraction of sp³-hybridized carbons (Fsp3) is 0.929. The zero-order valence-corrected chi connectivity index (χ0v) is 11.5. The Balaban J connectivity index is 1.96. The molecule has 18 heavy (non-hydrogen) atoms. The summed E-state index contributed by atoms with van der Waals surface area (Å²) < 4.78 is 0. The number of aliphatic hydroxyl groups is 1. The van der Waals surface area contributed by atoms with Crippen LogP contribution in [-0.4, -0.2) is 47.2 Å². The first-order valence-electron chi connectivity index (χ1n) is 7.38. The molecule has 1 aliphatic heterocycles. The Bertz CT molecular complexity index is 288. The number of rotatable bonds is 4. The first-order chi connectivity index (χ1) is 8.71. The molecule has 0 unspecified atom stereocenters. The second-order valence-corrected chi connectivity index (χ2v) is 5.77. The van der Waals surface area contributed by atoms with Gasteiger partial charge in [0.05, 0.1) is 18.2 Å². The molecule has 2 rings (SSSR count). The zero-order chi connectivity index (χ0) is 13.0. The summed E-state index contributed by atoms with van der Waals surface area (Å²) in [6, 6.07) is 0.0281. The molecule has 1 amide bonds. The maximum atomic E-state index is 12.4. The van der Waals surface area contributed by atoms with Crippen molar-refractivity contribution in [1.82, 2.24) is 10.2 Å². The largest absolute Gasteiger partial charge is 0.394 e. The van der Waals surface area contributed by atoms with Gasteiger partial charge < -0.3 is 10.4 Å². The molecule has 1 aliphatic carbocycles. The third kappa shape index (κ3) is 2.86. The van der Waals surface area contributed by atoms with E-state index in [0.717, 1.165) is 51.6 Å². The molecular formula is C14H26N2O2. The lowest BCUT2D eigenvalue weighted by Crippen LogP contribution is -2.57. The Morgan fingerprint density at radius 3 is 2.67 bits per heavy atom. The first kappa shape index (κ1) is 13.8. The van der Waals surface area contributed by atoms with Crippen LogP contribution in [0.3, 0.4) is 0 Å². The normalized spacial score (nSPS) is 28.2. The Kier molecular flexibility index (Phi) is 4.62. The maximum Gasteiger partial charge on any atom is 0.237 e. The van der Waals surface area contributed by atoms with Gasteiger partial charge in [-0.15, -0.1) is 0 Å². The molecule has 1 heterocycles. The lowest BCUT2D eigenvalue weighted by Gasteiger charge is -2.38. The van der Waals surface area contributed by atoms with Crippen molar-refractivity contribution in [1.29, 1.82) is 0 Å². The van der Waals surface area contributed by atoms with E-state index in [-0.39, 0.29) is 24.1 Å². The van der Waals surface area contributed by atoms with Crippen molar-refractivity contribution < 1.29 is 9.90 Å². The average molecular weight is 254 g/mol. The molecule has 2 N–H and O–H groups in total. The first-order valence-corrected chi connectivity index (χ1v) is 7.38. The van der Waals surface area contributed by atoms with Gasteiger partial charge in [-0.25, -0.2) is 0 Å². The van der Waals surface area contributed by atoms with Crippen LogP contribution in [0.5, 0.6) is 0 Å². The molecule has 0 aromatic carbocycles. The van der Waals surface area contributed by atoms with E-state index in [0.29, 0.717) is 0 Å². The van der Waals surface area contributed by atoms with Crippen LogP contribution in [0.2, 0.25) is 0 Å². The van der Waals surface area contributed by atoms with Gasteiger partial charge in [-0.1, -0.05) is 26.2 Å². The zero-order valence-electron chi connectivity index (χ0n) is 11.5. The monoisotopic (exact) mass is 254 g/mol. The second kappa shape index (κ2) is 6.02. The summed E-state index contributed by atoms with van der Waals surface area (Å²) in [5, 5.41) is 12.8. The van der Waals surface area contributed by atoms with Crippen molar-refractivity contribution in [2.45, 2.75) is 63.5 Å². The van der Waals surface area contributed by atoms with E-state index in [4.69, 9.17) is 0 Å². The molecule has 0 spiro atoms. The van der Waals surface area contributed by atoms with Gasteiger partial charge in [-0.05, 0) is 38.8 Å². The number of nitrogens with one attached hydrogen (secondary N) is 1. The number of amides is 1. The van der Waals surface area contributed by atoms with Crippen LogP contribution in [0.15, 0.2) is 0 Å². The number of likely N-dealkylation sites (tertiary alicyclic amines) is 1. The van der Waals surface area contributed by atoms with Gasteiger partial charge >= 0.3 is 0 Å². The molecule has 0 aromatic rings. The Hall–Kier alpha value is -0.610. The number of carbonyl (C=O) groups excluding carboxylic acids is 1. The van der Waals surface area contributed by atoms with Gasteiger partial charge in [0.15, 0.2) is 0 Å². The summed E-state index contributed by atoms with van der Waals surface area (Å²) in [6.45, 7) is 4.15. The van der Waals surface area contributed by atoms with Crippen molar-refractivity contribution in [2.75, 3.05) is 19.7 Å². The Labute approximate surface area is 110 Å². The highest BCUT2D eigenvalue weighted by atomic mass is 16.3. The summed E-state index contributed by atoms with van der Waals surface area (Å²) in [5.41, 5.74) is -0.336. The molecule has 2 aliphatic rings. The van der Waals surface area contributed by atoms with E-state index in [2.05, 4.69) is 17.1 Å². The van der Waals surface area contributed by atoms with Gasteiger partial charge in [0.2, 0.25) is 5.91 Å². The minimum Gasteiger partial charge on any atom is -0.394 e. The minimum absolute atomic E-state index is 0.0281. The Morgan fingerprint density at radius 2 is 2.06 bits per heavy atom. The molecule has 0 radical (unpaired) electrons. The summed E-state index contributed by atoms with van der Waals surface area (Å²) in [5.74, 6) is 0.130. The maximum absolute atomic E-state index is 12.4. The van der Waals surface area contributed by atoms with Crippen molar-refractivity contribution in [3.63, 3.8) is 0 Å². The third-order valence-electron chi connectivity index (χ3n) is 4.57. The number of hydrogen-bond acceptors (Lipinski definition) is 3. The summed E-state index contributed by atoms with van der Waals surface area (Å²) in [6.07, 6.45) is 7.37. The lowest BCUT2D eigenvalue weighted by atomic mass is 9.82. The number of hydrogen-bond donors (Lipinski definition) is 2. The van der Waals surface area contributed by atoms with Gasteiger partial charge in [-0.3, -0.25) is 9.69 Å². The van der Waals surface area contributed by atoms with Gasteiger partial charge in [0.25, 0.3) is 0 Å². The lowest BCUT2D eigenvalue weighted by molar-refractivity contribution is -0.128. The topological polar surface area (TPSA) is 52.6 Å². The number of nitrogens with zero attached hydrogens (tertiary/aromatic N) is 1. The molecular weight excluding hydrogens is 228 g/mol. The molecule has 1 saturated carbocycles. The second-order valence-electron chi connectivity index (χ2n) is 5.77. The van der Waals surface area contributed by atoms with E-state index < -0.39 is 0 Å². The molecule has 4 nitrogen and oxygen atoms in total. The highest BCUT2D eigenvalue weighted by Crippen LogP contribution is 2.28. The molecule has 1 atom stereocenters. The molecule has 4 heteroatoms. The molecule has 0 bridgehead atoms. The number of likely N-dealkylation sites (N-methyl/N-ethyl adjacent to an activating group) is 1. The highest BCUT2D eigenvalue weighted by Gasteiger charge is 2.37. The van der Waals surface area contributed by atoms with E-state index in [1.54, 1.807) is 0 Å². The molecule has 104 valence electrons. The van der Waals surface area contributed by atoms with Crippen molar-refractivity contribution in [3.05, 3.63) is 0 Å². The predicted molar refractivity (Wildman–Crippen MR) is 71.3 cm³/mol. The quantitative estimate of drug-likeness (QED) is 0.794. The van der Waals surface area contributed by atoms with Crippen LogP contribution in [0.25, 0.3) is 0 Å². The van der Waals surface area contributed by atoms with Gasteiger partial charge in [0.1, 0.15) is 0 Å². The number of carbonyl (C=O) groups is 1. The third-order valence-corrected chi connectivity index (χ3v) is 4.57. The smallest absolute Gasteiger partial charge is 0.237 e. The number of aliphatic hydroxyl groups excluding tert-OH is 1. The standard InChI is InChI=1S/C14H26N2O2/c1-2-16-10-6-7-12(16)13(18)15-14(11-17)8-4-3-5-9-14/h12,17H,2-11H2,1H3,(H,15,18)/t12-/m0/s1. The van der Waals surface area contributed by atoms with Crippen LogP contribution in [0.1, 0.15) is 51.9 Å².